The zero-order valence-electron chi connectivity index (χ0n) is 14.6. The Morgan fingerprint density at radius 2 is 1.92 bits per heavy atom. The summed E-state index contributed by atoms with van der Waals surface area (Å²) in [6.07, 6.45) is 0.727. The molecule has 132 valence electrons. The van der Waals surface area contributed by atoms with Crippen molar-refractivity contribution in [3.63, 3.8) is 0 Å². The number of amides is 1. The Labute approximate surface area is 146 Å². The third-order valence-corrected chi connectivity index (χ3v) is 5.03. The van der Waals surface area contributed by atoms with E-state index >= 15 is 0 Å². The lowest BCUT2D eigenvalue weighted by atomic mass is 9.70. The van der Waals surface area contributed by atoms with Crippen molar-refractivity contribution in [1.29, 1.82) is 0 Å². The Morgan fingerprint density at radius 1 is 1.24 bits per heavy atom. The van der Waals surface area contributed by atoms with Crippen LogP contribution >= 0.6 is 0 Å². The summed E-state index contributed by atoms with van der Waals surface area (Å²) >= 11 is 0. The Balaban J connectivity index is 2.00. The molecule has 0 aliphatic heterocycles. The molecule has 5 heteroatoms. The van der Waals surface area contributed by atoms with Crippen LogP contribution in [-0.4, -0.2) is 18.3 Å². The molecule has 0 heterocycles. The van der Waals surface area contributed by atoms with Crippen LogP contribution in [0.4, 0.5) is 9.18 Å². The largest absolute Gasteiger partial charge is 0.494 e. The molecule has 2 N–H and O–H groups in total. The molecule has 2 aromatic rings. The fraction of sp³-hybridized carbons (Fsp3) is 0.350. The number of hydrogen-bond acceptors (Lipinski definition) is 2. The number of benzene rings is 2. The molecule has 0 saturated heterocycles. The van der Waals surface area contributed by atoms with Crippen LogP contribution in [0.1, 0.15) is 37.4 Å². The maximum atomic E-state index is 14.0. The molecule has 1 aliphatic rings. The molecule has 0 saturated carbocycles. The Hall–Kier alpha value is -2.56. The summed E-state index contributed by atoms with van der Waals surface area (Å²) in [5, 5.41) is 11.8. The van der Waals surface area contributed by atoms with Gasteiger partial charge in [0.15, 0.2) is 11.6 Å². The number of halogens is 1. The zero-order valence-corrected chi connectivity index (χ0v) is 14.6. The maximum Gasteiger partial charge on any atom is 0.405 e. The van der Waals surface area contributed by atoms with Crippen molar-refractivity contribution in [2.24, 2.45) is 5.41 Å². The van der Waals surface area contributed by atoms with E-state index in [4.69, 9.17) is 4.74 Å². The fourth-order valence-corrected chi connectivity index (χ4v) is 3.55. The quantitative estimate of drug-likeness (QED) is 0.843. The number of carboxylic acid groups (broad SMARTS) is 1. The highest BCUT2D eigenvalue weighted by atomic mass is 19.1. The van der Waals surface area contributed by atoms with Crippen LogP contribution in [0.15, 0.2) is 36.4 Å². The van der Waals surface area contributed by atoms with Gasteiger partial charge in [0.2, 0.25) is 0 Å². The van der Waals surface area contributed by atoms with Crippen molar-refractivity contribution in [2.75, 3.05) is 7.11 Å². The van der Waals surface area contributed by atoms with Gasteiger partial charge in [-0.05, 0) is 52.6 Å². The van der Waals surface area contributed by atoms with Crippen molar-refractivity contribution < 1.29 is 19.0 Å². The molecule has 0 bridgehead atoms. The van der Waals surface area contributed by atoms with E-state index in [-0.39, 0.29) is 17.2 Å². The van der Waals surface area contributed by atoms with Gasteiger partial charge in [0.05, 0.1) is 13.2 Å². The molecule has 0 fully saturated rings. The van der Waals surface area contributed by atoms with Crippen LogP contribution in [0.25, 0.3) is 11.1 Å². The SMILES string of the molecule is COc1ccc(-c2ccc3c(c2)CCC(C)(C)C3NC(=O)O)cc1F. The summed E-state index contributed by atoms with van der Waals surface area (Å²) < 4.78 is 18.9. The summed E-state index contributed by atoms with van der Waals surface area (Å²) in [4.78, 5) is 11.2. The molecular weight excluding hydrogens is 321 g/mol. The van der Waals surface area contributed by atoms with Gasteiger partial charge in [0.25, 0.3) is 0 Å². The highest BCUT2D eigenvalue weighted by Gasteiger charge is 2.37. The van der Waals surface area contributed by atoms with Crippen LogP contribution in [0.3, 0.4) is 0 Å². The van der Waals surface area contributed by atoms with E-state index in [1.165, 1.54) is 13.2 Å². The first-order valence-electron chi connectivity index (χ1n) is 8.28. The highest BCUT2D eigenvalue weighted by Crippen LogP contribution is 2.44. The monoisotopic (exact) mass is 343 g/mol. The number of ether oxygens (including phenoxy) is 1. The summed E-state index contributed by atoms with van der Waals surface area (Å²) in [7, 11) is 1.44. The van der Waals surface area contributed by atoms with E-state index in [1.54, 1.807) is 6.07 Å². The van der Waals surface area contributed by atoms with Gasteiger partial charge < -0.3 is 15.2 Å². The van der Waals surface area contributed by atoms with Crippen molar-refractivity contribution in [3.8, 4) is 16.9 Å². The second kappa shape index (κ2) is 6.39. The number of fused-ring (bicyclic) bond motifs is 1. The second-order valence-corrected chi connectivity index (χ2v) is 7.13. The summed E-state index contributed by atoms with van der Waals surface area (Å²) in [5.41, 5.74) is 3.63. The van der Waals surface area contributed by atoms with E-state index in [2.05, 4.69) is 19.2 Å². The highest BCUT2D eigenvalue weighted by molar-refractivity contribution is 5.68. The van der Waals surface area contributed by atoms with Crippen LogP contribution < -0.4 is 10.1 Å². The van der Waals surface area contributed by atoms with Crippen LogP contribution in [0, 0.1) is 11.2 Å². The number of hydrogen-bond donors (Lipinski definition) is 2. The molecule has 1 amide bonds. The minimum Gasteiger partial charge on any atom is -0.494 e. The van der Waals surface area contributed by atoms with Crippen molar-refractivity contribution in [1.82, 2.24) is 5.32 Å². The van der Waals surface area contributed by atoms with E-state index in [0.29, 0.717) is 0 Å². The van der Waals surface area contributed by atoms with Crippen LogP contribution in [0.2, 0.25) is 0 Å². The molecule has 1 unspecified atom stereocenters. The Bertz CT molecular complexity index is 817. The zero-order chi connectivity index (χ0) is 18.2. The lowest BCUT2D eigenvalue weighted by Crippen LogP contribution is -2.40. The van der Waals surface area contributed by atoms with Gasteiger partial charge in [-0.25, -0.2) is 9.18 Å². The van der Waals surface area contributed by atoms with E-state index < -0.39 is 11.9 Å². The molecule has 1 aliphatic carbocycles. The molecule has 0 spiro atoms. The fourth-order valence-electron chi connectivity index (χ4n) is 3.55. The maximum absolute atomic E-state index is 14.0. The molecular formula is C20H22FNO3. The predicted octanol–water partition coefficient (Wildman–Crippen LogP) is 4.78. The van der Waals surface area contributed by atoms with E-state index in [9.17, 15) is 14.3 Å². The van der Waals surface area contributed by atoms with Gasteiger partial charge in [0, 0.05) is 0 Å². The van der Waals surface area contributed by atoms with Crippen molar-refractivity contribution in [2.45, 2.75) is 32.7 Å². The topological polar surface area (TPSA) is 58.6 Å². The van der Waals surface area contributed by atoms with E-state index in [1.807, 2.05) is 24.3 Å². The molecule has 0 aromatic heterocycles. The molecule has 4 nitrogen and oxygen atoms in total. The number of nitrogens with one attached hydrogen (secondary N) is 1. The third kappa shape index (κ3) is 3.31. The lowest BCUT2D eigenvalue weighted by Gasteiger charge is -2.40. The average Bonchev–Trinajstić information content (AvgIpc) is 2.57. The smallest absolute Gasteiger partial charge is 0.405 e. The second-order valence-electron chi connectivity index (χ2n) is 7.13. The molecule has 2 aromatic carbocycles. The van der Waals surface area contributed by atoms with Gasteiger partial charge >= 0.3 is 6.09 Å². The predicted molar refractivity (Wildman–Crippen MR) is 94.4 cm³/mol. The Kier molecular flexibility index (Phi) is 4.41. The van der Waals surface area contributed by atoms with E-state index in [0.717, 1.165) is 35.1 Å². The first-order valence-corrected chi connectivity index (χ1v) is 8.28. The average molecular weight is 343 g/mol. The summed E-state index contributed by atoms with van der Waals surface area (Å²) in [5.74, 6) is -0.182. The summed E-state index contributed by atoms with van der Waals surface area (Å²) in [6, 6.07) is 10.5. The van der Waals surface area contributed by atoms with Crippen LogP contribution in [-0.2, 0) is 6.42 Å². The van der Waals surface area contributed by atoms with Gasteiger partial charge in [-0.2, -0.15) is 0 Å². The molecule has 1 atom stereocenters. The third-order valence-electron chi connectivity index (χ3n) is 5.03. The van der Waals surface area contributed by atoms with Gasteiger partial charge in [0.1, 0.15) is 0 Å². The van der Waals surface area contributed by atoms with Gasteiger partial charge in [-0.3, -0.25) is 0 Å². The summed E-state index contributed by atoms with van der Waals surface area (Å²) in [6.45, 7) is 4.15. The van der Waals surface area contributed by atoms with Crippen molar-refractivity contribution in [3.05, 3.63) is 53.3 Å². The Morgan fingerprint density at radius 3 is 2.56 bits per heavy atom. The normalized spacial score (nSPS) is 18.3. The minimum atomic E-state index is -1.02. The number of methoxy groups -OCH3 is 1. The molecule has 25 heavy (non-hydrogen) atoms. The molecule has 0 radical (unpaired) electrons. The number of rotatable bonds is 3. The standard InChI is InChI=1S/C20H22FNO3/c1-20(2)9-8-14-10-12(4-6-15(14)18(20)22-19(23)24)13-5-7-17(25-3)16(21)11-13/h4-7,10-11,18,22H,8-9H2,1-3H3,(H,23,24). The number of aryl methyl sites for hydroxylation is 1. The van der Waals surface area contributed by atoms with Gasteiger partial charge in [-0.1, -0.05) is 38.1 Å². The lowest BCUT2D eigenvalue weighted by molar-refractivity contribution is 0.161. The first-order chi connectivity index (χ1) is 11.8. The van der Waals surface area contributed by atoms with Gasteiger partial charge in [-0.15, -0.1) is 0 Å². The number of carbonyl (C=O) groups is 1. The van der Waals surface area contributed by atoms with Crippen LogP contribution in [0.5, 0.6) is 5.75 Å². The first kappa shape index (κ1) is 17.3. The molecule has 3 rings (SSSR count). The minimum absolute atomic E-state index is 0.154. The van der Waals surface area contributed by atoms with Crippen molar-refractivity contribution >= 4 is 6.09 Å².